The van der Waals surface area contributed by atoms with Crippen LogP contribution in [0.5, 0.6) is 5.75 Å². The van der Waals surface area contributed by atoms with E-state index in [0.717, 1.165) is 54.9 Å². The van der Waals surface area contributed by atoms with Crippen LogP contribution in [0.2, 0.25) is 0 Å². The maximum Gasteiger partial charge on any atom is 0.170 e. The van der Waals surface area contributed by atoms with Gasteiger partial charge in [0.25, 0.3) is 0 Å². The van der Waals surface area contributed by atoms with Crippen LogP contribution in [0.3, 0.4) is 0 Å². The molecule has 4 heteroatoms. The zero-order chi connectivity index (χ0) is 19.8. The standard InChI is InChI=1S/C24H29NO3/c1-23(11-10-18-16-20(28-2)8-9-21(18)22(23)26)17-25-14-12-24(27,13-15-25)19-6-4-3-5-7-19/h3-9,16,27H,10-15,17H2,1-2H3. The van der Waals surface area contributed by atoms with Crippen LogP contribution in [0.1, 0.15) is 47.7 Å². The van der Waals surface area contributed by atoms with E-state index in [-0.39, 0.29) is 11.2 Å². The first-order valence-electron chi connectivity index (χ1n) is 10.2. The van der Waals surface area contributed by atoms with Crippen molar-refractivity contribution in [2.45, 2.75) is 38.2 Å². The number of carbonyl (C=O) groups is 1. The molecule has 1 aliphatic heterocycles. The molecular formula is C24H29NO3. The van der Waals surface area contributed by atoms with E-state index in [1.54, 1.807) is 7.11 Å². The van der Waals surface area contributed by atoms with Crippen molar-refractivity contribution >= 4 is 5.78 Å². The van der Waals surface area contributed by atoms with E-state index in [4.69, 9.17) is 4.74 Å². The van der Waals surface area contributed by atoms with Crippen LogP contribution in [-0.2, 0) is 12.0 Å². The number of aryl methyl sites for hydroxylation is 1. The van der Waals surface area contributed by atoms with E-state index < -0.39 is 5.60 Å². The molecule has 148 valence electrons. The molecule has 0 aromatic heterocycles. The molecule has 1 fully saturated rings. The van der Waals surface area contributed by atoms with E-state index >= 15 is 0 Å². The summed E-state index contributed by atoms with van der Waals surface area (Å²) in [6.45, 7) is 4.47. The number of methoxy groups -OCH3 is 1. The molecule has 0 amide bonds. The molecule has 1 saturated heterocycles. The molecule has 2 aromatic rings. The van der Waals surface area contributed by atoms with Crippen molar-refractivity contribution in [2.75, 3.05) is 26.7 Å². The number of likely N-dealkylation sites (tertiary alicyclic amines) is 1. The summed E-state index contributed by atoms with van der Waals surface area (Å²) in [6.07, 6.45) is 3.16. The van der Waals surface area contributed by atoms with Gasteiger partial charge in [-0.05, 0) is 55.0 Å². The maximum absolute atomic E-state index is 13.2. The highest BCUT2D eigenvalue weighted by Crippen LogP contribution is 2.39. The molecule has 0 bridgehead atoms. The van der Waals surface area contributed by atoms with Gasteiger partial charge in [-0.2, -0.15) is 0 Å². The summed E-state index contributed by atoms with van der Waals surface area (Å²) in [7, 11) is 1.66. The minimum absolute atomic E-state index is 0.236. The topological polar surface area (TPSA) is 49.8 Å². The second-order valence-corrected chi connectivity index (χ2v) is 8.59. The SMILES string of the molecule is COc1ccc2c(c1)CCC(C)(CN1CCC(O)(c3ccccc3)CC1)C2=O. The molecule has 0 radical (unpaired) electrons. The van der Waals surface area contributed by atoms with Gasteiger partial charge < -0.3 is 14.7 Å². The molecule has 2 aromatic carbocycles. The molecule has 28 heavy (non-hydrogen) atoms. The summed E-state index contributed by atoms with van der Waals surface area (Å²) >= 11 is 0. The Kier molecular flexibility index (Phi) is 5.02. The summed E-state index contributed by atoms with van der Waals surface area (Å²) < 4.78 is 5.30. The van der Waals surface area contributed by atoms with Gasteiger partial charge in [-0.25, -0.2) is 0 Å². The Morgan fingerprint density at radius 1 is 1.07 bits per heavy atom. The summed E-state index contributed by atoms with van der Waals surface area (Å²) in [5.74, 6) is 1.05. The van der Waals surface area contributed by atoms with Crippen LogP contribution in [0.4, 0.5) is 0 Å². The molecule has 4 nitrogen and oxygen atoms in total. The van der Waals surface area contributed by atoms with Gasteiger partial charge in [0.1, 0.15) is 5.75 Å². The zero-order valence-corrected chi connectivity index (χ0v) is 16.8. The maximum atomic E-state index is 13.2. The van der Waals surface area contributed by atoms with Crippen molar-refractivity contribution in [1.29, 1.82) is 0 Å². The highest BCUT2D eigenvalue weighted by molar-refractivity contribution is 6.02. The fourth-order valence-electron chi connectivity index (χ4n) is 4.74. The van der Waals surface area contributed by atoms with Crippen LogP contribution in [0, 0.1) is 5.41 Å². The fraction of sp³-hybridized carbons (Fsp3) is 0.458. The van der Waals surface area contributed by atoms with Crippen molar-refractivity contribution in [2.24, 2.45) is 5.41 Å². The number of ketones is 1. The second-order valence-electron chi connectivity index (χ2n) is 8.59. The molecule has 0 saturated carbocycles. The smallest absolute Gasteiger partial charge is 0.170 e. The number of hydrogen-bond donors (Lipinski definition) is 1. The van der Waals surface area contributed by atoms with Gasteiger partial charge >= 0.3 is 0 Å². The lowest BCUT2D eigenvalue weighted by Gasteiger charge is -2.43. The molecule has 1 aliphatic carbocycles. The number of carbonyl (C=O) groups excluding carboxylic acids is 1. The fourth-order valence-corrected chi connectivity index (χ4v) is 4.74. The van der Waals surface area contributed by atoms with Crippen LogP contribution < -0.4 is 4.74 Å². The van der Waals surface area contributed by atoms with E-state index in [1.807, 2.05) is 48.5 Å². The van der Waals surface area contributed by atoms with Crippen molar-refractivity contribution in [3.63, 3.8) is 0 Å². The lowest BCUT2D eigenvalue weighted by molar-refractivity contribution is -0.0326. The monoisotopic (exact) mass is 379 g/mol. The minimum Gasteiger partial charge on any atom is -0.497 e. The number of aliphatic hydroxyl groups is 1. The average Bonchev–Trinajstić information content (AvgIpc) is 2.73. The van der Waals surface area contributed by atoms with E-state index in [1.165, 1.54) is 0 Å². The number of ether oxygens (including phenoxy) is 1. The van der Waals surface area contributed by atoms with Gasteiger partial charge in [-0.3, -0.25) is 4.79 Å². The van der Waals surface area contributed by atoms with Crippen LogP contribution in [-0.4, -0.2) is 42.5 Å². The van der Waals surface area contributed by atoms with Crippen molar-refractivity contribution in [3.05, 3.63) is 65.2 Å². The third kappa shape index (κ3) is 3.47. The lowest BCUT2D eigenvalue weighted by Crippen LogP contribution is -2.49. The number of hydrogen-bond acceptors (Lipinski definition) is 4. The predicted octanol–water partition coefficient (Wildman–Crippen LogP) is 3.81. The first kappa shape index (κ1) is 19.2. The number of piperidine rings is 1. The normalized spacial score (nSPS) is 24.6. The third-order valence-electron chi connectivity index (χ3n) is 6.62. The Morgan fingerprint density at radius 2 is 1.79 bits per heavy atom. The number of rotatable bonds is 4. The van der Waals surface area contributed by atoms with E-state index in [0.29, 0.717) is 12.8 Å². The lowest BCUT2D eigenvalue weighted by atomic mass is 9.71. The number of fused-ring (bicyclic) bond motifs is 1. The van der Waals surface area contributed by atoms with Crippen molar-refractivity contribution in [3.8, 4) is 5.75 Å². The Balaban J connectivity index is 1.44. The van der Waals surface area contributed by atoms with E-state index in [2.05, 4.69) is 11.8 Å². The highest BCUT2D eigenvalue weighted by atomic mass is 16.5. The Bertz CT molecular complexity index is 855. The molecule has 2 aliphatic rings. The summed E-state index contributed by atoms with van der Waals surface area (Å²) in [4.78, 5) is 15.6. The summed E-state index contributed by atoms with van der Waals surface area (Å²) in [6, 6.07) is 15.7. The van der Waals surface area contributed by atoms with Gasteiger partial charge in [-0.1, -0.05) is 37.3 Å². The zero-order valence-electron chi connectivity index (χ0n) is 16.8. The molecular weight excluding hydrogens is 350 g/mol. The predicted molar refractivity (Wildman–Crippen MR) is 110 cm³/mol. The number of nitrogens with zero attached hydrogens (tertiary/aromatic N) is 1. The van der Waals surface area contributed by atoms with Crippen molar-refractivity contribution < 1.29 is 14.6 Å². The molecule has 1 N–H and O–H groups in total. The van der Waals surface area contributed by atoms with Crippen LogP contribution in [0.25, 0.3) is 0 Å². The molecule has 1 heterocycles. The largest absolute Gasteiger partial charge is 0.497 e. The summed E-state index contributed by atoms with van der Waals surface area (Å²) in [5.41, 5.74) is 1.81. The van der Waals surface area contributed by atoms with Crippen LogP contribution >= 0.6 is 0 Å². The molecule has 0 spiro atoms. The quantitative estimate of drug-likeness (QED) is 0.878. The summed E-state index contributed by atoms with van der Waals surface area (Å²) in [5, 5.41) is 11.1. The molecule has 4 rings (SSSR count). The molecule has 1 unspecified atom stereocenters. The van der Waals surface area contributed by atoms with Gasteiger partial charge in [0, 0.05) is 30.6 Å². The van der Waals surface area contributed by atoms with Crippen LogP contribution in [0.15, 0.2) is 48.5 Å². The minimum atomic E-state index is -0.752. The van der Waals surface area contributed by atoms with Gasteiger partial charge in [-0.15, -0.1) is 0 Å². The molecule has 1 atom stereocenters. The third-order valence-corrected chi connectivity index (χ3v) is 6.62. The Hall–Kier alpha value is -2.17. The Labute approximate surface area is 167 Å². The Morgan fingerprint density at radius 3 is 2.46 bits per heavy atom. The number of benzene rings is 2. The number of Topliss-reactive ketones (excluding diaryl/α,β-unsaturated/α-hetero) is 1. The van der Waals surface area contributed by atoms with E-state index in [9.17, 15) is 9.90 Å². The van der Waals surface area contributed by atoms with Crippen molar-refractivity contribution in [1.82, 2.24) is 4.90 Å². The van der Waals surface area contributed by atoms with Gasteiger partial charge in [0.05, 0.1) is 12.7 Å². The average molecular weight is 380 g/mol. The van der Waals surface area contributed by atoms with Gasteiger partial charge in [0.2, 0.25) is 0 Å². The second kappa shape index (κ2) is 7.34. The van der Waals surface area contributed by atoms with Gasteiger partial charge in [0.15, 0.2) is 5.78 Å². The first-order valence-corrected chi connectivity index (χ1v) is 10.2. The first-order chi connectivity index (χ1) is 13.4. The highest BCUT2D eigenvalue weighted by Gasteiger charge is 2.42.